The van der Waals surface area contributed by atoms with Gasteiger partial charge in [0, 0.05) is 18.8 Å². The normalized spacial score (nSPS) is 16.4. The zero-order chi connectivity index (χ0) is 17.0. The number of sulfone groups is 1. The lowest BCUT2D eigenvalue weighted by Crippen LogP contribution is -2.45. The van der Waals surface area contributed by atoms with Gasteiger partial charge in [0.25, 0.3) is 0 Å². The Kier molecular flexibility index (Phi) is 4.71. The maximum atomic E-state index is 12.1. The molecule has 0 aliphatic carbocycles. The van der Waals surface area contributed by atoms with Gasteiger partial charge >= 0.3 is 6.03 Å². The maximum Gasteiger partial charge on any atom is 0.321 e. The van der Waals surface area contributed by atoms with Crippen LogP contribution in [-0.4, -0.2) is 43.9 Å². The Balaban J connectivity index is 1.57. The molecule has 24 heavy (non-hydrogen) atoms. The molecule has 0 saturated carbocycles. The molecule has 1 saturated heterocycles. The highest BCUT2D eigenvalue weighted by atomic mass is 32.2. The summed E-state index contributed by atoms with van der Waals surface area (Å²) in [7, 11) is -3.00. The van der Waals surface area contributed by atoms with Crippen molar-refractivity contribution in [3.05, 3.63) is 54.6 Å². The van der Waals surface area contributed by atoms with E-state index in [1.165, 1.54) is 4.90 Å². The molecule has 7 heteroatoms. The van der Waals surface area contributed by atoms with Crippen LogP contribution in [0.25, 0.3) is 0 Å². The summed E-state index contributed by atoms with van der Waals surface area (Å²) >= 11 is 0. The highest BCUT2D eigenvalue weighted by Gasteiger charge is 2.24. The summed E-state index contributed by atoms with van der Waals surface area (Å²) in [5, 5.41) is 2.77. The van der Waals surface area contributed by atoms with E-state index in [-0.39, 0.29) is 30.6 Å². The summed E-state index contributed by atoms with van der Waals surface area (Å²) in [6.07, 6.45) is 0. The predicted molar refractivity (Wildman–Crippen MR) is 92.2 cm³/mol. The van der Waals surface area contributed by atoms with E-state index in [1.54, 1.807) is 24.3 Å². The highest BCUT2D eigenvalue weighted by molar-refractivity contribution is 7.91. The fourth-order valence-electron chi connectivity index (χ4n) is 2.35. The van der Waals surface area contributed by atoms with Gasteiger partial charge in [-0.3, -0.25) is 0 Å². The van der Waals surface area contributed by atoms with Crippen LogP contribution in [0.1, 0.15) is 0 Å². The monoisotopic (exact) mass is 346 g/mol. The molecular formula is C17H18N2O4S. The first kappa shape index (κ1) is 16.3. The van der Waals surface area contributed by atoms with Crippen LogP contribution in [0.15, 0.2) is 54.6 Å². The third kappa shape index (κ3) is 4.26. The van der Waals surface area contributed by atoms with Gasteiger partial charge in [0.2, 0.25) is 0 Å². The molecule has 1 N–H and O–H groups in total. The van der Waals surface area contributed by atoms with Crippen LogP contribution in [-0.2, 0) is 9.84 Å². The molecule has 1 fully saturated rings. The second-order valence-corrected chi connectivity index (χ2v) is 7.81. The van der Waals surface area contributed by atoms with Crippen molar-refractivity contribution in [1.29, 1.82) is 0 Å². The van der Waals surface area contributed by atoms with Crippen molar-refractivity contribution in [2.75, 3.05) is 29.9 Å². The zero-order valence-corrected chi connectivity index (χ0v) is 13.8. The van der Waals surface area contributed by atoms with Crippen LogP contribution in [0.5, 0.6) is 11.5 Å². The van der Waals surface area contributed by atoms with Crippen molar-refractivity contribution < 1.29 is 17.9 Å². The summed E-state index contributed by atoms with van der Waals surface area (Å²) in [6.45, 7) is 0.451. The smallest absolute Gasteiger partial charge is 0.321 e. The minimum atomic E-state index is -3.00. The lowest BCUT2D eigenvalue weighted by Gasteiger charge is -2.26. The van der Waals surface area contributed by atoms with Crippen LogP contribution >= 0.6 is 0 Å². The Bertz CT molecular complexity index is 790. The zero-order valence-electron chi connectivity index (χ0n) is 13.0. The van der Waals surface area contributed by atoms with Gasteiger partial charge in [0.05, 0.1) is 11.5 Å². The molecule has 3 rings (SSSR count). The number of urea groups is 1. The molecule has 0 aromatic heterocycles. The molecule has 2 amide bonds. The van der Waals surface area contributed by atoms with Crippen molar-refractivity contribution >= 4 is 21.6 Å². The van der Waals surface area contributed by atoms with Crippen molar-refractivity contribution in [1.82, 2.24) is 4.90 Å². The molecule has 0 bridgehead atoms. The molecule has 1 aliphatic heterocycles. The SMILES string of the molecule is O=C(Nc1ccc(Oc2ccccc2)cc1)N1CCS(=O)(=O)CC1. The van der Waals surface area contributed by atoms with E-state index >= 15 is 0 Å². The number of nitrogens with zero attached hydrogens (tertiary/aromatic N) is 1. The number of ether oxygens (including phenoxy) is 1. The van der Waals surface area contributed by atoms with Gasteiger partial charge in [-0.15, -0.1) is 0 Å². The largest absolute Gasteiger partial charge is 0.457 e. The molecule has 2 aromatic rings. The van der Waals surface area contributed by atoms with Gasteiger partial charge in [-0.25, -0.2) is 13.2 Å². The number of benzene rings is 2. The minimum absolute atomic E-state index is 0.0181. The van der Waals surface area contributed by atoms with Crippen LogP contribution in [0.3, 0.4) is 0 Å². The van der Waals surface area contributed by atoms with E-state index in [4.69, 9.17) is 4.74 Å². The Labute approximate surface area is 141 Å². The number of amides is 2. The Morgan fingerprint density at radius 2 is 1.50 bits per heavy atom. The molecule has 2 aromatic carbocycles. The van der Waals surface area contributed by atoms with Crippen LogP contribution in [0, 0.1) is 0 Å². The predicted octanol–water partition coefficient (Wildman–Crippen LogP) is 2.74. The second-order valence-electron chi connectivity index (χ2n) is 5.51. The average molecular weight is 346 g/mol. The summed E-state index contributed by atoms with van der Waals surface area (Å²) in [4.78, 5) is 13.7. The van der Waals surface area contributed by atoms with Crippen LogP contribution < -0.4 is 10.1 Å². The number of nitrogens with one attached hydrogen (secondary N) is 1. The Hall–Kier alpha value is -2.54. The molecule has 1 heterocycles. The lowest BCUT2D eigenvalue weighted by molar-refractivity contribution is 0.216. The molecule has 0 radical (unpaired) electrons. The standard InChI is InChI=1S/C17H18N2O4S/c20-17(19-10-12-24(21,22)13-11-19)18-14-6-8-16(9-7-14)23-15-4-2-1-3-5-15/h1-9H,10-13H2,(H,18,20). The van der Waals surface area contributed by atoms with Crippen molar-refractivity contribution in [3.63, 3.8) is 0 Å². The number of rotatable bonds is 3. The fraction of sp³-hybridized carbons (Fsp3) is 0.235. The van der Waals surface area contributed by atoms with Crippen molar-refractivity contribution in [2.24, 2.45) is 0 Å². The Morgan fingerprint density at radius 3 is 2.12 bits per heavy atom. The summed E-state index contributed by atoms with van der Waals surface area (Å²) in [5.41, 5.74) is 0.633. The number of carbonyl (C=O) groups is 1. The number of anilines is 1. The van der Waals surface area contributed by atoms with Gasteiger partial charge < -0.3 is 15.0 Å². The number of hydrogen-bond donors (Lipinski definition) is 1. The van der Waals surface area contributed by atoms with E-state index < -0.39 is 9.84 Å². The molecular weight excluding hydrogens is 328 g/mol. The lowest BCUT2D eigenvalue weighted by atomic mass is 10.3. The van der Waals surface area contributed by atoms with Crippen molar-refractivity contribution in [2.45, 2.75) is 0 Å². The van der Waals surface area contributed by atoms with E-state index in [1.807, 2.05) is 30.3 Å². The molecule has 126 valence electrons. The summed E-state index contributed by atoms with van der Waals surface area (Å²) < 4.78 is 28.5. The number of carbonyl (C=O) groups excluding carboxylic acids is 1. The van der Waals surface area contributed by atoms with Gasteiger partial charge in [-0.05, 0) is 36.4 Å². The first-order chi connectivity index (χ1) is 11.5. The first-order valence-electron chi connectivity index (χ1n) is 7.61. The van der Waals surface area contributed by atoms with Gasteiger partial charge in [0.1, 0.15) is 11.5 Å². The first-order valence-corrected chi connectivity index (χ1v) is 9.43. The molecule has 0 spiro atoms. The van der Waals surface area contributed by atoms with E-state index in [9.17, 15) is 13.2 Å². The van der Waals surface area contributed by atoms with Crippen LogP contribution in [0.4, 0.5) is 10.5 Å². The van der Waals surface area contributed by atoms with E-state index in [0.29, 0.717) is 11.4 Å². The molecule has 0 atom stereocenters. The third-order valence-corrected chi connectivity index (χ3v) is 5.33. The minimum Gasteiger partial charge on any atom is -0.457 e. The summed E-state index contributed by atoms with van der Waals surface area (Å²) in [5.74, 6) is 1.45. The molecule has 6 nitrogen and oxygen atoms in total. The quantitative estimate of drug-likeness (QED) is 0.927. The number of para-hydroxylation sites is 1. The topological polar surface area (TPSA) is 75.7 Å². The third-order valence-electron chi connectivity index (χ3n) is 3.72. The van der Waals surface area contributed by atoms with Gasteiger partial charge in [-0.1, -0.05) is 18.2 Å². The second kappa shape index (κ2) is 6.92. The fourth-order valence-corrected chi connectivity index (χ4v) is 3.55. The van der Waals surface area contributed by atoms with Gasteiger partial charge in [-0.2, -0.15) is 0 Å². The maximum absolute atomic E-state index is 12.1. The molecule has 1 aliphatic rings. The number of hydrogen-bond acceptors (Lipinski definition) is 4. The highest BCUT2D eigenvalue weighted by Crippen LogP contribution is 2.22. The molecule has 0 unspecified atom stereocenters. The van der Waals surface area contributed by atoms with E-state index in [0.717, 1.165) is 5.75 Å². The Morgan fingerprint density at radius 1 is 0.917 bits per heavy atom. The average Bonchev–Trinajstić information content (AvgIpc) is 2.57. The van der Waals surface area contributed by atoms with Gasteiger partial charge in [0.15, 0.2) is 9.84 Å². The van der Waals surface area contributed by atoms with Crippen molar-refractivity contribution in [3.8, 4) is 11.5 Å². The van der Waals surface area contributed by atoms with Crippen LogP contribution in [0.2, 0.25) is 0 Å². The van der Waals surface area contributed by atoms with E-state index in [2.05, 4.69) is 5.32 Å². The summed E-state index contributed by atoms with van der Waals surface area (Å²) in [6, 6.07) is 16.2.